The number of benzene rings is 1. The van der Waals surface area contributed by atoms with Crippen LogP contribution in [0.15, 0.2) is 39.5 Å². The average Bonchev–Trinajstić information content (AvgIpc) is 3.07. The third kappa shape index (κ3) is 2.21. The summed E-state index contributed by atoms with van der Waals surface area (Å²) in [5.41, 5.74) is 1.65. The first kappa shape index (κ1) is 12.6. The fourth-order valence-electron chi connectivity index (χ4n) is 1.70. The summed E-state index contributed by atoms with van der Waals surface area (Å²) in [5.74, 6) is 0.241. The quantitative estimate of drug-likeness (QED) is 0.778. The van der Waals surface area contributed by atoms with Gasteiger partial charge in [0, 0.05) is 16.2 Å². The minimum absolute atomic E-state index is 0.262. The molecule has 5 nitrogen and oxygen atoms in total. The second-order valence-corrected chi connectivity index (χ2v) is 4.82. The van der Waals surface area contributed by atoms with Crippen LogP contribution < -0.4 is 0 Å². The average molecular weight is 333 g/mol. The van der Waals surface area contributed by atoms with E-state index in [0.29, 0.717) is 27.1 Å². The molecule has 0 aliphatic carbocycles. The summed E-state index contributed by atoms with van der Waals surface area (Å²) in [6.45, 7) is 0. The van der Waals surface area contributed by atoms with Crippen molar-refractivity contribution in [1.29, 1.82) is 5.26 Å². The van der Waals surface area contributed by atoms with Crippen molar-refractivity contribution in [2.75, 3.05) is 0 Å². The fraction of sp³-hybridized carbons (Fsp3) is 0. The molecule has 20 heavy (non-hydrogen) atoms. The highest BCUT2D eigenvalue weighted by Crippen LogP contribution is 2.28. The number of nitrogens with zero attached hydrogens (tertiary/aromatic N) is 3. The Labute approximate surface area is 121 Å². The van der Waals surface area contributed by atoms with Crippen molar-refractivity contribution in [1.82, 2.24) is 15.1 Å². The molecule has 0 fully saturated rings. The minimum atomic E-state index is -0.354. The van der Waals surface area contributed by atoms with E-state index >= 15 is 0 Å². The molecule has 98 valence electrons. The van der Waals surface area contributed by atoms with Crippen LogP contribution in [-0.2, 0) is 0 Å². The van der Waals surface area contributed by atoms with Crippen molar-refractivity contribution in [3.8, 4) is 29.0 Å². The lowest BCUT2D eigenvalue weighted by Gasteiger charge is -1.97. The number of nitriles is 1. The number of nitrogens with one attached hydrogen (secondary N) is 1. The number of halogens is 2. The van der Waals surface area contributed by atoms with Gasteiger partial charge in [0.05, 0.1) is 5.56 Å². The van der Waals surface area contributed by atoms with Gasteiger partial charge in [-0.15, -0.1) is 0 Å². The van der Waals surface area contributed by atoms with Gasteiger partial charge in [0.1, 0.15) is 17.6 Å². The van der Waals surface area contributed by atoms with Gasteiger partial charge in [-0.3, -0.25) is 0 Å². The molecule has 0 unspecified atom stereocenters. The van der Waals surface area contributed by atoms with E-state index in [4.69, 9.17) is 9.78 Å². The van der Waals surface area contributed by atoms with Crippen LogP contribution >= 0.6 is 15.9 Å². The van der Waals surface area contributed by atoms with Crippen LogP contribution in [0.3, 0.4) is 0 Å². The largest absolute Gasteiger partial charge is 0.356 e. The maximum absolute atomic E-state index is 13.0. The SMILES string of the molecule is N#Cc1c[nH]c(-c2nc(-c3ccc(F)cc3Br)no2)c1. The van der Waals surface area contributed by atoms with Crippen molar-refractivity contribution >= 4 is 15.9 Å². The number of rotatable bonds is 2. The molecule has 3 rings (SSSR count). The number of hydrogen-bond donors (Lipinski definition) is 1. The summed E-state index contributed by atoms with van der Waals surface area (Å²) in [5, 5.41) is 12.6. The van der Waals surface area contributed by atoms with E-state index in [1.165, 1.54) is 12.1 Å². The monoisotopic (exact) mass is 332 g/mol. The van der Waals surface area contributed by atoms with Gasteiger partial charge >= 0.3 is 0 Å². The lowest BCUT2D eigenvalue weighted by Crippen LogP contribution is -1.84. The maximum atomic E-state index is 13.0. The number of aromatic amines is 1. The molecule has 2 heterocycles. The van der Waals surface area contributed by atoms with Crippen molar-refractivity contribution < 1.29 is 8.91 Å². The Morgan fingerprint density at radius 1 is 1.35 bits per heavy atom. The molecule has 0 aliphatic rings. The van der Waals surface area contributed by atoms with Crippen LogP contribution in [0.1, 0.15) is 5.56 Å². The van der Waals surface area contributed by atoms with E-state index in [0.717, 1.165) is 0 Å². The van der Waals surface area contributed by atoms with Crippen LogP contribution in [0.5, 0.6) is 0 Å². The molecule has 0 aliphatic heterocycles. The molecule has 0 atom stereocenters. The highest BCUT2D eigenvalue weighted by Gasteiger charge is 2.14. The van der Waals surface area contributed by atoms with Gasteiger partial charge < -0.3 is 9.51 Å². The lowest BCUT2D eigenvalue weighted by molar-refractivity contribution is 0.431. The van der Waals surface area contributed by atoms with E-state index in [1.54, 1.807) is 18.3 Å². The molecule has 0 spiro atoms. The van der Waals surface area contributed by atoms with Crippen molar-refractivity contribution in [3.05, 3.63) is 46.3 Å². The standard InChI is InChI=1S/C13H6BrFN4O/c14-10-4-8(15)1-2-9(10)12-18-13(20-19-12)11-3-7(5-16)6-17-11/h1-4,6,17H. The van der Waals surface area contributed by atoms with E-state index in [2.05, 4.69) is 31.1 Å². The zero-order chi connectivity index (χ0) is 14.1. The predicted molar refractivity (Wildman–Crippen MR) is 71.9 cm³/mol. The Kier molecular flexibility index (Phi) is 3.08. The molecular formula is C13H6BrFN4O. The molecular weight excluding hydrogens is 327 g/mol. The van der Waals surface area contributed by atoms with Gasteiger partial charge in [-0.2, -0.15) is 10.2 Å². The smallest absolute Gasteiger partial charge is 0.274 e. The lowest BCUT2D eigenvalue weighted by atomic mass is 10.2. The first-order valence-corrected chi connectivity index (χ1v) is 6.34. The molecule has 1 aromatic carbocycles. The summed E-state index contributed by atoms with van der Waals surface area (Å²) >= 11 is 3.25. The zero-order valence-corrected chi connectivity index (χ0v) is 11.5. The second-order valence-electron chi connectivity index (χ2n) is 3.96. The van der Waals surface area contributed by atoms with E-state index in [1.807, 2.05) is 6.07 Å². The van der Waals surface area contributed by atoms with Gasteiger partial charge in [0.15, 0.2) is 0 Å². The summed E-state index contributed by atoms with van der Waals surface area (Å²) in [6, 6.07) is 7.81. The third-order valence-corrected chi connectivity index (χ3v) is 3.30. The van der Waals surface area contributed by atoms with E-state index in [-0.39, 0.29) is 11.7 Å². The van der Waals surface area contributed by atoms with Crippen LogP contribution in [0, 0.1) is 17.1 Å². The zero-order valence-electron chi connectivity index (χ0n) is 9.89. The number of H-pyrrole nitrogens is 1. The summed E-state index contributed by atoms with van der Waals surface area (Å²) < 4.78 is 18.7. The minimum Gasteiger partial charge on any atom is -0.356 e. The van der Waals surface area contributed by atoms with Crippen LogP contribution in [0.25, 0.3) is 23.0 Å². The fourth-order valence-corrected chi connectivity index (χ4v) is 2.22. The van der Waals surface area contributed by atoms with Gasteiger partial charge in [-0.05, 0) is 40.2 Å². The van der Waals surface area contributed by atoms with E-state index < -0.39 is 0 Å². The molecule has 3 aromatic rings. The van der Waals surface area contributed by atoms with Crippen LogP contribution in [0.4, 0.5) is 4.39 Å². The molecule has 0 saturated heterocycles. The molecule has 0 bridgehead atoms. The second kappa shape index (κ2) is 4.90. The summed E-state index contributed by atoms with van der Waals surface area (Å²) in [4.78, 5) is 7.09. The molecule has 7 heteroatoms. The first-order valence-electron chi connectivity index (χ1n) is 5.55. The molecule has 0 amide bonds. The Morgan fingerprint density at radius 3 is 2.90 bits per heavy atom. The Balaban J connectivity index is 2.00. The predicted octanol–water partition coefficient (Wildman–Crippen LogP) is 3.50. The highest BCUT2D eigenvalue weighted by atomic mass is 79.9. The van der Waals surface area contributed by atoms with Gasteiger partial charge in [0.2, 0.25) is 5.82 Å². The van der Waals surface area contributed by atoms with Gasteiger partial charge in [0.25, 0.3) is 5.89 Å². The maximum Gasteiger partial charge on any atom is 0.274 e. The third-order valence-electron chi connectivity index (χ3n) is 2.64. The molecule has 0 radical (unpaired) electrons. The first-order chi connectivity index (χ1) is 9.67. The topological polar surface area (TPSA) is 78.5 Å². The normalized spacial score (nSPS) is 10.4. The van der Waals surface area contributed by atoms with Crippen LogP contribution in [0.2, 0.25) is 0 Å². The molecule has 2 aromatic heterocycles. The molecule has 0 saturated carbocycles. The van der Waals surface area contributed by atoms with Crippen molar-refractivity contribution in [2.45, 2.75) is 0 Å². The number of hydrogen-bond acceptors (Lipinski definition) is 4. The Hall–Kier alpha value is -2.46. The Morgan fingerprint density at radius 2 is 2.20 bits per heavy atom. The van der Waals surface area contributed by atoms with E-state index in [9.17, 15) is 4.39 Å². The Bertz CT molecular complexity index is 818. The summed E-state index contributed by atoms with van der Waals surface area (Å²) in [6.07, 6.45) is 1.55. The van der Waals surface area contributed by atoms with Crippen LogP contribution in [-0.4, -0.2) is 15.1 Å². The van der Waals surface area contributed by atoms with Gasteiger partial charge in [-0.1, -0.05) is 5.16 Å². The van der Waals surface area contributed by atoms with Gasteiger partial charge in [-0.25, -0.2) is 4.39 Å². The number of aromatic nitrogens is 3. The summed E-state index contributed by atoms with van der Waals surface area (Å²) in [7, 11) is 0. The molecule has 1 N–H and O–H groups in total. The van der Waals surface area contributed by atoms with Crippen molar-refractivity contribution in [2.24, 2.45) is 0 Å². The van der Waals surface area contributed by atoms with Crippen molar-refractivity contribution in [3.63, 3.8) is 0 Å². The highest BCUT2D eigenvalue weighted by molar-refractivity contribution is 9.10.